The lowest BCUT2D eigenvalue weighted by Crippen LogP contribution is -1.96. The second kappa shape index (κ2) is 4.65. The normalized spacial score (nSPS) is 10.3. The standard InChI is InChI=1S/C11H12N2O3/c1-2-7-15-9-5-3-8(4-6-9)10-12-11(14)16-13-10/h3-6H,2,7H2,1H3,(H,12,13,14). The van der Waals surface area contributed by atoms with Gasteiger partial charge in [-0.15, -0.1) is 0 Å². The molecule has 16 heavy (non-hydrogen) atoms. The van der Waals surface area contributed by atoms with E-state index in [0.29, 0.717) is 12.4 Å². The topological polar surface area (TPSA) is 68.1 Å². The van der Waals surface area contributed by atoms with Crippen LogP contribution in [0.25, 0.3) is 11.4 Å². The van der Waals surface area contributed by atoms with Crippen LogP contribution < -0.4 is 10.5 Å². The molecule has 5 nitrogen and oxygen atoms in total. The van der Waals surface area contributed by atoms with E-state index in [0.717, 1.165) is 17.7 Å². The molecule has 0 unspecified atom stereocenters. The number of aromatic amines is 1. The Hall–Kier alpha value is -2.04. The number of H-pyrrole nitrogens is 1. The van der Waals surface area contributed by atoms with Gasteiger partial charge in [0, 0.05) is 5.56 Å². The summed E-state index contributed by atoms with van der Waals surface area (Å²) in [6.45, 7) is 2.74. The van der Waals surface area contributed by atoms with E-state index in [-0.39, 0.29) is 0 Å². The number of aromatic nitrogens is 2. The van der Waals surface area contributed by atoms with E-state index in [4.69, 9.17) is 4.74 Å². The van der Waals surface area contributed by atoms with Gasteiger partial charge in [0.15, 0.2) is 5.82 Å². The van der Waals surface area contributed by atoms with Crippen molar-refractivity contribution in [2.75, 3.05) is 6.61 Å². The van der Waals surface area contributed by atoms with Gasteiger partial charge < -0.3 is 4.74 Å². The Morgan fingerprint density at radius 1 is 1.38 bits per heavy atom. The van der Waals surface area contributed by atoms with E-state index in [1.54, 1.807) is 0 Å². The van der Waals surface area contributed by atoms with E-state index >= 15 is 0 Å². The average Bonchev–Trinajstić information content (AvgIpc) is 2.74. The zero-order valence-corrected chi connectivity index (χ0v) is 8.90. The van der Waals surface area contributed by atoms with Gasteiger partial charge in [-0.3, -0.25) is 9.51 Å². The minimum absolute atomic E-state index is 0.423. The molecule has 1 N–H and O–H groups in total. The summed E-state index contributed by atoms with van der Waals surface area (Å²) in [5.74, 6) is 0.671. The molecule has 1 heterocycles. The zero-order chi connectivity index (χ0) is 11.4. The van der Waals surface area contributed by atoms with Gasteiger partial charge in [-0.05, 0) is 30.7 Å². The summed E-state index contributed by atoms with van der Waals surface area (Å²) < 4.78 is 9.86. The largest absolute Gasteiger partial charge is 0.494 e. The fourth-order valence-corrected chi connectivity index (χ4v) is 1.28. The van der Waals surface area contributed by atoms with Crippen LogP contribution in [0.4, 0.5) is 0 Å². The molecule has 0 fully saturated rings. The van der Waals surface area contributed by atoms with Crippen molar-refractivity contribution in [2.45, 2.75) is 13.3 Å². The summed E-state index contributed by atoms with van der Waals surface area (Å²) in [4.78, 5) is 13.2. The number of hydrogen-bond acceptors (Lipinski definition) is 4. The van der Waals surface area contributed by atoms with E-state index < -0.39 is 5.76 Å². The third-order valence-electron chi connectivity index (χ3n) is 2.04. The fraction of sp³-hybridized carbons (Fsp3) is 0.273. The first-order valence-corrected chi connectivity index (χ1v) is 5.09. The van der Waals surface area contributed by atoms with Gasteiger partial charge in [0.05, 0.1) is 6.61 Å². The maximum Gasteiger partial charge on any atom is 0.439 e. The molecule has 1 aromatic carbocycles. The molecule has 0 spiro atoms. The van der Waals surface area contributed by atoms with Gasteiger partial charge in [-0.2, -0.15) is 0 Å². The third kappa shape index (κ3) is 2.31. The van der Waals surface area contributed by atoms with Crippen molar-refractivity contribution in [3.63, 3.8) is 0 Å². The maximum absolute atomic E-state index is 10.8. The van der Waals surface area contributed by atoms with Crippen LogP contribution >= 0.6 is 0 Å². The van der Waals surface area contributed by atoms with Crippen molar-refractivity contribution in [1.82, 2.24) is 10.1 Å². The number of benzene rings is 1. The van der Waals surface area contributed by atoms with Crippen molar-refractivity contribution in [3.8, 4) is 17.1 Å². The number of nitrogens with one attached hydrogen (secondary N) is 1. The molecule has 84 valence electrons. The second-order valence-electron chi connectivity index (χ2n) is 3.32. The monoisotopic (exact) mass is 220 g/mol. The molecule has 0 saturated heterocycles. The second-order valence-corrected chi connectivity index (χ2v) is 3.32. The minimum atomic E-state index is -0.554. The Labute approximate surface area is 92.0 Å². The lowest BCUT2D eigenvalue weighted by molar-refractivity contribution is 0.317. The molecule has 0 amide bonds. The molecule has 2 rings (SSSR count). The Bertz CT molecular complexity index is 498. The van der Waals surface area contributed by atoms with Crippen LogP contribution in [0.5, 0.6) is 5.75 Å². The maximum atomic E-state index is 10.8. The Balaban J connectivity index is 2.16. The Kier molecular flexibility index (Phi) is 3.05. The molecule has 5 heteroatoms. The number of rotatable bonds is 4. The molecule has 0 bridgehead atoms. The highest BCUT2D eigenvalue weighted by Gasteiger charge is 2.03. The molecule has 1 aromatic heterocycles. The van der Waals surface area contributed by atoms with Crippen LogP contribution in [-0.4, -0.2) is 16.7 Å². The van der Waals surface area contributed by atoms with Gasteiger partial charge in [-0.25, -0.2) is 4.79 Å². The molecule has 0 saturated carbocycles. The van der Waals surface area contributed by atoms with Gasteiger partial charge in [0.25, 0.3) is 0 Å². The van der Waals surface area contributed by atoms with Crippen molar-refractivity contribution in [3.05, 3.63) is 34.8 Å². The minimum Gasteiger partial charge on any atom is -0.494 e. The first-order valence-electron chi connectivity index (χ1n) is 5.09. The van der Waals surface area contributed by atoms with E-state index in [1.165, 1.54) is 0 Å². The van der Waals surface area contributed by atoms with Crippen LogP contribution in [0.3, 0.4) is 0 Å². The first kappa shape index (κ1) is 10.5. The first-order chi connectivity index (χ1) is 7.79. The smallest absolute Gasteiger partial charge is 0.439 e. The lowest BCUT2D eigenvalue weighted by atomic mass is 10.2. The van der Waals surface area contributed by atoms with Crippen LogP contribution in [0.15, 0.2) is 33.6 Å². The number of nitrogens with zero attached hydrogens (tertiary/aromatic N) is 1. The fourth-order valence-electron chi connectivity index (χ4n) is 1.28. The number of ether oxygens (including phenoxy) is 1. The predicted octanol–water partition coefficient (Wildman–Crippen LogP) is 1.82. The average molecular weight is 220 g/mol. The summed E-state index contributed by atoms with van der Waals surface area (Å²) in [5.41, 5.74) is 0.787. The summed E-state index contributed by atoms with van der Waals surface area (Å²) in [7, 11) is 0. The predicted molar refractivity (Wildman–Crippen MR) is 58.3 cm³/mol. The zero-order valence-electron chi connectivity index (χ0n) is 8.90. The quantitative estimate of drug-likeness (QED) is 0.853. The van der Waals surface area contributed by atoms with E-state index in [9.17, 15) is 4.79 Å². The van der Waals surface area contributed by atoms with Crippen molar-refractivity contribution < 1.29 is 9.26 Å². The molecule has 0 radical (unpaired) electrons. The van der Waals surface area contributed by atoms with Crippen LogP contribution in [0.1, 0.15) is 13.3 Å². The molecular formula is C11H12N2O3. The van der Waals surface area contributed by atoms with E-state index in [1.807, 2.05) is 24.3 Å². The van der Waals surface area contributed by atoms with Crippen LogP contribution in [-0.2, 0) is 0 Å². The summed E-state index contributed by atoms with van der Waals surface area (Å²) in [6.07, 6.45) is 0.971. The van der Waals surface area contributed by atoms with Gasteiger partial charge >= 0.3 is 5.76 Å². The molecule has 0 aliphatic carbocycles. The van der Waals surface area contributed by atoms with Crippen molar-refractivity contribution >= 4 is 0 Å². The Morgan fingerprint density at radius 2 is 2.12 bits per heavy atom. The van der Waals surface area contributed by atoms with Crippen molar-refractivity contribution in [1.29, 1.82) is 0 Å². The number of hydrogen-bond donors (Lipinski definition) is 1. The molecular weight excluding hydrogens is 208 g/mol. The summed E-state index contributed by atoms with van der Waals surface area (Å²) in [5, 5.41) is 3.59. The SMILES string of the molecule is CCCOc1ccc(-c2noc(=O)[nH]2)cc1. The van der Waals surface area contributed by atoms with Gasteiger partial charge in [-0.1, -0.05) is 12.1 Å². The Morgan fingerprint density at radius 3 is 2.69 bits per heavy atom. The molecule has 0 aliphatic rings. The summed E-state index contributed by atoms with van der Waals surface area (Å²) >= 11 is 0. The van der Waals surface area contributed by atoms with Crippen LogP contribution in [0.2, 0.25) is 0 Å². The van der Waals surface area contributed by atoms with Crippen LogP contribution in [0, 0.1) is 0 Å². The highest BCUT2D eigenvalue weighted by molar-refractivity contribution is 5.55. The molecule has 2 aromatic rings. The molecule has 0 atom stereocenters. The lowest BCUT2D eigenvalue weighted by Gasteiger charge is -2.04. The van der Waals surface area contributed by atoms with Crippen molar-refractivity contribution in [2.24, 2.45) is 0 Å². The highest BCUT2D eigenvalue weighted by Crippen LogP contribution is 2.18. The third-order valence-corrected chi connectivity index (χ3v) is 2.04. The molecule has 0 aliphatic heterocycles. The van der Waals surface area contributed by atoms with Gasteiger partial charge in [0.2, 0.25) is 0 Å². The highest BCUT2D eigenvalue weighted by atomic mass is 16.5. The van der Waals surface area contributed by atoms with E-state index in [2.05, 4.69) is 21.6 Å². The summed E-state index contributed by atoms with van der Waals surface area (Å²) in [6, 6.07) is 7.30. The van der Waals surface area contributed by atoms with Gasteiger partial charge in [0.1, 0.15) is 5.75 Å².